The highest BCUT2D eigenvalue weighted by Crippen LogP contribution is 2.48. The molecule has 3 aromatic rings. The van der Waals surface area contributed by atoms with Crippen molar-refractivity contribution in [3.05, 3.63) is 81.4 Å². The Morgan fingerprint density at radius 1 is 0.900 bits per heavy atom. The minimum Gasteiger partial charge on any atom is -0.407 e. The molecule has 6 aliphatic carbocycles. The van der Waals surface area contributed by atoms with Crippen LogP contribution >= 0.6 is 0 Å². The first-order valence-corrected chi connectivity index (χ1v) is 11.1. The summed E-state index contributed by atoms with van der Waals surface area (Å²) in [6.45, 7) is 2.14. The van der Waals surface area contributed by atoms with E-state index in [1.165, 1.54) is 15.7 Å². The Morgan fingerprint density at radius 2 is 1.53 bits per heavy atom. The lowest BCUT2D eigenvalue weighted by atomic mass is 9.83. The smallest absolute Gasteiger partial charge is 0.407 e. The van der Waals surface area contributed by atoms with Gasteiger partial charge in [0.25, 0.3) is 0 Å². The number of rotatable bonds is 1. The van der Waals surface area contributed by atoms with E-state index in [4.69, 9.17) is 4.42 Å². The summed E-state index contributed by atoms with van der Waals surface area (Å²) in [6, 6.07) is 12.9. The zero-order chi connectivity index (χ0) is 20.4. The van der Waals surface area contributed by atoms with Gasteiger partial charge in [-0.1, -0.05) is 55.5 Å². The standard InChI is InChI=1S/C26H25NO3/c1-15-20-12-13-21(14-20)22(15)25(28)27-23-18-8-6-16-2-4-17(5-3-16)7-9-19(11-10-18)24(23)30-26(27)29/h2-5,10-13,15,20-22H,6-9,14H2,1H3/t15-,20-,21+,22+/m1/s1. The van der Waals surface area contributed by atoms with Crippen LogP contribution in [0.5, 0.6) is 0 Å². The van der Waals surface area contributed by atoms with Crippen LogP contribution in [0.25, 0.3) is 11.1 Å². The largest absolute Gasteiger partial charge is 0.426 e. The van der Waals surface area contributed by atoms with Gasteiger partial charge in [0.05, 0.1) is 0 Å². The molecule has 4 nitrogen and oxygen atoms in total. The van der Waals surface area contributed by atoms with E-state index in [0.29, 0.717) is 17.0 Å². The number of nitrogens with zero attached hydrogens (tertiary/aromatic N) is 1. The van der Waals surface area contributed by atoms with E-state index < -0.39 is 5.76 Å². The second-order valence-corrected chi connectivity index (χ2v) is 9.25. The molecule has 152 valence electrons. The van der Waals surface area contributed by atoms with Gasteiger partial charge in [-0.05, 0) is 72.1 Å². The summed E-state index contributed by atoms with van der Waals surface area (Å²) in [5.41, 5.74) is 5.87. The van der Waals surface area contributed by atoms with Crippen LogP contribution < -0.4 is 5.76 Å². The monoisotopic (exact) mass is 399 g/mol. The Hall–Kier alpha value is -2.88. The van der Waals surface area contributed by atoms with Crippen molar-refractivity contribution in [2.75, 3.05) is 0 Å². The van der Waals surface area contributed by atoms with Gasteiger partial charge in [-0.2, -0.15) is 0 Å². The van der Waals surface area contributed by atoms with Crippen molar-refractivity contribution >= 4 is 17.0 Å². The van der Waals surface area contributed by atoms with Gasteiger partial charge in [0.15, 0.2) is 5.58 Å². The molecule has 6 aliphatic rings. The molecule has 0 saturated heterocycles. The number of carbonyl (C=O) groups excluding carboxylic acids is 1. The van der Waals surface area contributed by atoms with Crippen molar-refractivity contribution in [1.82, 2.24) is 4.57 Å². The third-order valence-electron chi connectivity index (χ3n) is 7.64. The Bertz CT molecular complexity index is 1240. The third-order valence-corrected chi connectivity index (χ3v) is 7.64. The molecule has 0 N–H and O–H groups in total. The van der Waals surface area contributed by atoms with Crippen molar-refractivity contribution in [3.63, 3.8) is 0 Å². The normalized spacial score (nSPS) is 27.0. The summed E-state index contributed by atoms with van der Waals surface area (Å²) >= 11 is 0. The van der Waals surface area contributed by atoms with Crippen molar-refractivity contribution in [3.8, 4) is 0 Å². The van der Waals surface area contributed by atoms with E-state index in [9.17, 15) is 9.59 Å². The number of hydrogen-bond donors (Lipinski definition) is 0. The lowest BCUT2D eigenvalue weighted by molar-refractivity contribution is 0.0772. The van der Waals surface area contributed by atoms with Crippen molar-refractivity contribution in [2.24, 2.45) is 23.7 Å². The van der Waals surface area contributed by atoms with Crippen LogP contribution in [-0.4, -0.2) is 10.5 Å². The molecule has 0 amide bonds. The zero-order valence-electron chi connectivity index (χ0n) is 17.1. The number of fused-ring (bicyclic) bond motifs is 2. The Balaban J connectivity index is 1.50. The summed E-state index contributed by atoms with van der Waals surface area (Å²) in [7, 11) is 0. The van der Waals surface area contributed by atoms with Crippen LogP contribution in [-0.2, 0) is 25.7 Å². The van der Waals surface area contributed by atoms with Crippen LogP contribution in [0, 0.1) is 23.7 Å². The minimum absolute atomic E-state index is 0.0862. The highest BCUT2D eigenvalue weighted by Gasteiger charge is 2.47. The van der Waals surface area contributed by atoms with Gasteiger partial charge in [-0.25, -0.2) is 9.36 Å². The molecular formula is C26H25NO3. The fourth-order valence-electron chi connectivity index (χ4n) is 5.89. The van der Waals surface area contributed by atoms with Gasteiger partial charge in [-0.3, -0.25) is 4.79 Å². The van der Waals surface area contributed by atoms with Gasteiger partial charge in [0.1, 0.15) is 5.52 Å². The van der Waals surface area contributed by atoms with Gasteiger partial charge in [0.2, 0.25) is 5.91 Å². The first kappa shape index (κ1) is 17.9. The molecule has 1 aromatic heterocycles. The maximum Gasteiger partial charge on any atom is 0.426 e. The zero-order valence-corrected chi connectivity index (χ0v) is 17.1. The molecule has 9 rings (SSSR count). The van der Waals surface area contributed by atoms with Crippen LogP contribution in [0.1, 0.15) is 40.4 Å². The van der Waals surface area contributed by atoms with Crippen molar-refractivity contribution in [2.45, 2.75) is 39.0 Å². The van der Waals surface area contributed by atoms with E-state index in [1.54, 1.807) is 0 Å². The molecule has 4 atom stereocenters. The van der Waals surface area contributed by atoms with E-state index in [1.807, 2.05) is 0 Å². The molecule has 1 fully saturated rings. The fourth-order valence-corrected chi connectivity index (χ4v) is 5.89. The summed E-state index contributed by atoms with van der Waals surface area (Å²) in [5, 5.41) is 0. The van der Waals surface area contributed by atoms with Gasteiger partial charge < -0.3 is 4.42 Å². The number of hydrogen-bond acceptors (Lipinski definition) is 3. The lowest BCUT2D eigenvalue weighted by Crippen LogP contribution is -2.35. The molecule has 30 heavy (non-hydrogen) atoms. The average molecular weight is 399 g/mol. The van der Waals surface area contributed by atoms with Crippen LogP contribution in [0.3, 0.4) is 0 Å². The first-order valence-electron chi connectivity index (χ1n) is 11.1. The van der Waals surface area contributed by atoms with Gasteiger partial charge >= 0.3 is 5.76 Å². The average Bonchev–Trinajstić information content (AvgIpc) is 3.42. The maximum atomic E-state index is 13.7. The van der Waals surface area contributed by atoms with Gasteiger partial charge in [-0.15, -0.1) is 0 Å². The second-order valence-electron chi connectivity index (χ2n) is 9.25. The molecule has 6 bridgehead atoms. The summed E-state index contributed by atoms with van der Waals surface area (Å²) in [6.07, 6.45) is 8.74. The molecule has 1 heterocycles. The van der Waals surface area contributed by atoms with E-state index in [0.717, 1.165) is 43.2 Å². The van der Waals surface area contributed by atoms with Crippen molar-refractivity contribution in [1.29, 1.82) is 0 Å². The predicted octanol–water partition coefficient (Wildman–Crippen LogP) is 4.58. The number of oxazole rings is 1. The van der Waals surface area contributed by atoms with Crippen LogP contribution in [0.15, 0.2) is 57.8 Å². The Labute approximate surface area is 175 Å². The molecular weight excluding hydrogens is 374 g/mol. The van der Waals surface area contributed by atoms with Crippen molar-refractivity contribution < 1.29 is 9.21 Å². The first-order chi connectivity index (χ1) is 14.6. The van der Waals surface area contributed by atoms with Crippen LogP contribution in [0.2, 0.25) is 0 Å². The Kier molecular flexibility index (Phi) is 3.92. The molecule has 0 aliphatic heterocycles. The summed E-state index contributed by atoms with van der Waals surface area (Å²) in [5.74, 6) is 0.201. The maximum absolute atomic E-state index is 13.7. The number of benzene rings is 2. The SMILES string of the molecule is C[C@H]1[C@H](C(=O)n2c(=O)oc3c4ccc(c32)CCc2ccc(cc2)CC4)[C@H]2C=C[C@@H]1C2. The number of carbonyl (C=O) groups is 1. The number of allylic oxidation sites excluding steroid dienone is 2. The summed E-state index contributed by atoms with van der Waals surface area (Å²) < 4.78 is 7.13. The molecule has 2 aromatic carbocycles. The lowest BCUT2D eigenvalue weighted by Gasteiger charge is -2.23. The molecule has 0 spiro atoms. The van der Waals surface area contributed by atoms with E-state index >= 15 is 0 Å². The molecule has 1 saturated carbocycles. The second kappa shape index (κ2) is 6.56. The molecule has 0 radical (unpaired) electrons. The molecule has 4 heteroatoms. The Morgan fingerprint density at radius 3 is 2.20 bits per heavy atom. The number of aromatic nitrogens is 1. The fraction of sp³-hybridized carbons (Fsp3) is 0.385. The minimum atomic E-state index is -0.531. The highest BCUT2D eigenvalue weighted by atomic mass is 16.4. The highest BCUT2D eigenvalue weighted by molar-refractivity contribution is 5.94. The van der Waals surface area contributed by atoms with E-state index in [-0.39, 0.29) is 23.7 Å². The predicted molar refractivity (Wildman–Crippen MR) is 116 cm³/mol. The third kappa shape index (κ3) is 2.59. The summed E-state index contributed by atoms with van der Waals surface area (Å²) in [4.78, 5) is 26.6. The van der Waals surface area contributed by atoms with Crippen LogP contribution in [0.4, 0.5) is 0 Å². The van der Waals surface area contributed by atoms with E-state index in [2.05, 4.69) is 55.5 Å². The van der Waals surface area contributed by atoms with Gasteiger partial charge in [0, 0.05) is 5.92 Å². The number of aryl methyl sites for hydroxylation is 4. The quantitative estimate of drug-likeness (QED) is 0.563. The molecule has 0 unspecified atom stereocenters. The topological polar surface area (TPSA) is 52.2 Å².